The number of rotatable bonds is 8. The van der Waals surface area contributed by atoms with Gasteiger partial charge in [-0.2, -0.15) is 5.21 Å². The second-order valence-corrected chi connectivity index (χ2v) is 6.85. The van der Waals surface area contributed by atoms with E-state index in [1.165, 1.54) is 5.56 Å². The van der Waals surface area contributed by atoms with E-state index in [9.17, 15) is 0 Å². The van der Waals surface area contributed by atoms with E-state index in [1.54, 1.807) is 11.8 Å². The summed E-state index contributed by atoms with van der Waals surface area (Å²) in [6, 6.07) is 8.15. The van der Waals surface area contributed by atoms with Crippen LogP contribution in [0.15, 0.2) is 28.7 Å². The minimum absolute atomic E-state index is 0.407. The van der Waals surface area contributed by atoms with Crippen LogP contribution in [0.2, 0.25) is 0 Å². The van der Waals surface area contributed by atoms with Gasteiger partial charge in [-0.25, -0.2) is 4.98 Å². The number of aromatic amines is 1. The molecule has 7 nitrogen and oxygen atoms in total. The van der Waals surface area contributed by atoms with E-state index in [0.717, 1.165) is 17.0 Å². The lowest BCUT2D eigenvalue weighted by Gasteiger charge is -1.98. The number of ether oxygens (including phenoxy) is 1. The zero-order chi connectivity index (χ0) is 18.9. The molecule has 1 aromatic carbocycles. The zero-order valence-electron chi connectivity index (χ0n) is 15.4. The van der Waals surface area contributed by atoms with Crippen LogP contribution in [0.25, 0.3) is 11.5 Å². The maximum absolute atomic E-state index is 5.78. The van der Waals surface area contributed by atoms with Gasteiger partial charge in [0, 0.05) is 12.0 Å². The highest BCUT2D eigenvalue weighted by Gasteiger charge is 2.11. The van der Waals surface area contributed by atoms with Crippen LogP contribution in [0.4, 0.5) is 0 Å². The number of thioether (sulfide) groups is 1. The molecular formula is C19H21N5O2S. The predicted molar refractivity (Wildman–Crippen MR) is 104 cm³/mol. The van der Waals surface area contributed by atoms with Crippen LogP contribution >= 0.6 is 11.8 Å². The first kappa shape index (κ1) is 19.1. The molecule has 0 unspecified atom stereocenters. The molecule has 0 fully saturated rings. The molecule has 0 aliphatic rings. The van der Waals surface area contributed by atoms with Crippen LogP contribution in [0.1, 0.15) is 22.8 Å². The summed E-state index contributed by atoms with van der Waals surface area (Å²) in [5.41, 5.74) is 3.12. The number of aromatic nitrogens is 5. The first-order valence-electron chi connectivity index (χ1n) is 8.59. The Hall–Kier alpha value is -2.63. The molecule has 2 aromatic heterocycles. The largest absolute Gasteiger partial charge is 0.441 e. The van der Waals surface area contributed by atoms with Gasteiger partial charge in [0.25, 0.3) is 0 Å². The number of benzene rings is 1. The van der Waals surface area contributed by atoms with Crippen molar-refractivity contribution in [3.8, 4) is 23.3 Å². The number of tetrazole rings is 1. The lowest BCUT2D eigenvalue weighted by atomic mass is 10.1. The predicted octanol–water partition coefficient (Wildman–Crippen LogP) is 2.97. The van der Waals surface area contributed by atoms with Crippen molar-refractivity contribution in [1.29, 1.82) is 0 Å². The average molecular weight is 383 g/mol. The van der Waals surface area contributed by atoms with Crippen LogP contribution in [0.5, 0.6) is 0 Å². The number of hydrogen-bond donors (Lipinski definition) is 1. The summed E-state index contributed by atoms with van der Waals surface area (Å²) in [4.78, 5) is 4.59. The van der Waals surface area contributed by atoms with E-state index >= 15 is 0 Å². The van der Waals surface area contributed by atoms with Gasteiger partial charge in [0.05, 0.1) is 23.8 Å². The second-order valence-electron chi connectivity index (χ2n) is 5.86. The van der Waals surface area contributed by atoms with Gasteiger partial charge in [0.15, 0.2) is 5.82 Å². The van der Waals surface area contributed by atoms with Crippen molar-refractivity contribution in [2.24, 2.45) is 0 Å². The minimum atomic E-state index is 0.407. The Labute approximate surface area is 162 Å². The van der Waals surface area contributed by atoms with E-state index in [0.29, 0.717) is 42.9 Å². The van der Waals surface area contributed by atoms with Crippen molar-refractivity contribution < 1.29 is 9.15 Å². The fourth-order valence-corrected chi connectivity index (χ4v) is 2.92. The highest BCUT2D eigenvalue weighted by Crippen LogP contribution is 2.22. The summed E-state index contributed by atoms with van der Waals surface area (Å²) < 4.78 is 11.4. The minimum Gasteiger partial charge on any atom is -0.441 e. The number of nitrogens with zero attached hydrogens (tertiary/aromatic N) is 4. The molecule has 0 saturated carbocycles. The van der Waals surface area contributed by atoms with Crippen LogP contribution in [0.3, 0.4) is 0 Å². The maximum Gasteiger partial charge on any atom is 0.226 e. The van der Waals surface area contributed by atoms with Crippen LogP contribution < -0.4 is 0 Å². The van der Waals surface area contributed by atoms with Crippen molar-refractivity contribution in [2.75, 3.05) is 19.0 Å². The average Bonchev–Trinajstić information content (AvgIpc) is 3.31. The molecule has 0 saturated heterocycles. The Balaban J connectivity index is 1.36. The van der Waals surface area contributed by atoms with Gasteiger partial charge in [0.1, 0.15) is 12.4 Å². The Kier molecular flexibility index (Phi) is 7.02. The summed E-state index contributed by atoms with van der Waals surface area (Å²) in [5.74, 6) is 9.63. The first-order valence-corrected chi connectivity index (χ1v) is 9.74. The number of nitrogens with one attached hydrogen (secondary N) is 1. The van der Waals surface area contributed by atoms with Crippen molar-refractivity contribution in [2.45, 2.75) is 26.0 Å². The molecule has 0 aliphatic heterocycles. The van der Waals surface area contributed by atoms with E-state index in [4.69, 9.17) is 9.15 Å². The zero-order valence-corrected chi connectivity index (χ0v) is 16.2. The number of aryl methyl sites for hydroxylation is 2. The Morgan fingerprint density at radius 3 is 2.81 bits per heavy atom. The molecule has 0 amide bonds. The second kappa shape index (κ2) is 9.90. The van der Waals surface area contributed by atoms with E-state index in [-0.39, 0.29) is 0 Å². The summed E-state index contributed by atoms with van der Waals surface area (Å²) in [5, 5.41) is 13.7. The molecule has 0 spiro atoms. The summed E-state index contributed by atoms with van der Waals surface area (Å²) in [6.45, 7) is 4.96. The quantitative estimate of drug-likeness (QED) is 0.472. The summed E-state index contributed by atoms with van der Waals surface area (Å²) in [6.07, 6.45) is 0.704. The SMILES string of the molecule is Cc1ccc(-c2nc(CCOCC#CCSCc3nn[nH]n3)c(C)o2)cc1. The molecule has 0 atom stereocenters. The van der Waals surface area contributed by atoms with Crippen LogP contribution in [0, 0.1) is 25.7 Å². The third kappa shape index (κ3) is 5.94. The van der Waals surface area contributed by atoms with Crippen LogP contribution in [-0.2, 0) is 16.9 Å². The Morgan fingerprint density at radius 2 is 2.04 bits per heavy atom. The van der Waals surface area contributed by atoms with Gasteiger partial charge in [0.2, 0.25) is 5.89 Å². The number of oxazole rings is 1. The molecule has 3 aromatic rings. The number of hydrogen-bond acceptors (Lipinski definition) is 7. The molecule has 0 radical (unpaired) electrons. The first-order chi connectivity index (χ1) is 13.2. The highest BCUT2D eigenvalue weighted by atomic mass is 32.2. The summed E-state index contributed by atoms with van der Waals surface area (Å²) >= 11 is 1.64. The Morgan fingerprint density at radius 1 is 1.19 bits per heavy atom. The van der Waals surface area contributed by atoms with Crippen molar-refractivity contribution in [3.05, 3.63) is 47.1 Å². The van der Waals surface area contributed by atoms with E-state index < -0.39 is 0 Å². The monoisotopic (exact) mass is 383 g/mol. The van der Waals surface area contributed by atoms with E-state index in [1.807, 2.05) is 19.1 Å². The molecule has 2 heterocycles. The molecular weight excluding hydrogens is 362 g/mol. The van der Waals surface area contributed by atoms with Gasteiger partial charge in [-0.15, -0.1) is 22.0 Å². The molecule has 1 N–H and O–H groups in total. The molecule has 8 heteroatoms. The van der Waals surface area contributed by atoms with Gasteiger partial charge >= 0.3 is 0 Å². The normalized spacial score (nSPS) is 10.6. The van der Waals surface area contributed by atoms with Crippen molar-refractivity contribution in [1.82, 2.24) is 25.6 Å². The van der Waals surface area contributed by atoms with Gasteiger partial charge in [-0.05, 0) is 26.0 Å². The standard InChI is InChI=1S/C19H21N5O2S/c1-14-5-7-16(8-6-14)19-20-17(15(2)26-19)9-11-25-10-3-4-12-27-13-18-21-23-24-22-18/h5-8H,9-13H2,1-2H3,(H,21,22,23,24). The molecule has 140 valence electrons. The molecule has 3 rings (SSSR count). The van der Waals surface area contributed by atoms with Gasteiger partial charge in [-0.3, -0.25) is 0 Å². The fraction of sp³-hybridized carbons (Fsp3) is 0.368. The third-order valence-corrected chi connectivity index (χ3v) is 4.58. The van der Waals surface area contributed by atoms with Crippen LogP contribution in [-0.4, -0.2) is 44.6 Å². The highest BCUT2D eigenvalue weighted by molar-refractivity contribution is 7.98. The fourth-order valence-electron chi connectivity index (χ4n) is 2.31. The van der Waals surface area contributed by atoms with E-state index in [2.05, 4.69) is 56.5 Å². The topological polar surface area (TPSA) is 89.7 Å². The molecule has 0 aliphatic carbocycles. The van der Waals surface area contributed by atoms with Crippen molar-refractivity contribution >= 4 is 11.8 Å². The lowest BCUT2D eigenvalue weighted by Crippen LogP contribution is -2.00. The lowest BCUT2D eigenvalue weighted by molar-refractivity contribution is 0.169. The van der Waals surface area contributed by atoms with Gasteiger partial charge < -0.3 is 9.15 Å². The molecule has 0 bridgehead atoms. The maximum atomic E-state index is 5.78. The summed E-state index contributed by atoms with van der Waals surface area (Å²) in [7, 11) is 0. The Bertz CT molecular complexity index is 895. The van der Waals surface area contributed by atoms with Crippen molar-refractivity contribution in [3.63, 3.8) is 0 Å². The molecule has 27 heavy (non-hydrogen) atoms. The third-order valence-electron chi connectivity index (χ3n) is 3.77. The smallest absolute Gasteiger partial charge is 0.226 e. The van der Waals surface area contributed by atoms with Gasteiger partial charge in [-0.1, -0.05) is 34.8 Å². The number of H-pyrrole nitrogens is 1.